The fourth-order valence-corrected chi connectivity index (χ4v) is 2.59. The number of nitrogens with two attached hydrogens (primary N) is 2. The lowest BCUT2D eigenvalue weighted by atomic mass is 10.0. The maximum atomic E-state index is 12.4. The Kier molecular flexibility index (Phi) is 12.7. The molecule has 0 saturated heterocycles. The molecule has 0 spiro atoms. The van der Waals surface area contributed by atoms with Gasteiger partial charge >= 0.3 is 5.97 Å². The average Bonchev–Trinajstić information content (AvgIpc) is 2.66. The van der Waals surface area contributed by atoms with Gasteiger partial charge in [0.15, 0.2) is 0 Å². The summed E-state index contributed by atoms with van der Waals surface area (Å²) in [5.74, 6) is -4.48. The lowest BCUT2D eigenvalue weighted by Crippen LogP contribution is -2.58. The van der Waals surface area contributed by atoms with E-state index in [0.29, 0.717) is 0 Å². The minimum atomic E-state index is -1.44. The van der Waals surface area contributed by atoms with E-state index in [2.05, 4.69) is 28.6 Å². The van der Waals surface area contributed by atoms with Gasteiger partial charge in [-0.05, 0) is 18.8 Å². The Balaban J connectivity index is 4.96. The van der Waals surface area contributed by atoms with Gasteiger partial charge in [-0.25, -0.2) is 4.79 Å². The first-order valence-corrected chi connectivity index (χ1v) is 9.95. The molecule has 0 rings (SSSR count). The van der Waals surface area contributed by atoms with Crippen molar-refractivity contribution in [2.75, 3.05) is 12.4 Å². The van der Waals surface area contributed by atoms with Crippen LogP contribution in [0.25, 0.3) is 0 Å². The molecule has 0 saturated carbocycles. The van der Waals surface area contributed by atoms with Crippen molar-refractivity contribution in [1.82, 2.24) is 16.0 Å². The van der Waals surface area contributed by atoms with Crippen molar-refractivity contribution in [2.24, 2.45) is 17.4 Å². The highest BCUT2D eigenvalue weighted by Gasteiger charge is 2.29. The third kappa shape index (κ3) is 10.4. The van der Waals surface area contributed by atoms with E-state index in [1.54, 1.807) is 13.8 Å². The standard InChI is InChI=1S/C17H31N5O7S/c1-8(2)5-10(17(28)29)20-15(26)11(6-23)21-16(27)12(7-30)22-14(25)9(18)3-4-13(19)24/h8-12,23,30H,3-7,18H2,1-2H3,(H2,19,24)(H,20,26)(H,21,27)(H,22,25)(H,28,29). The van der Waals surface area contributed by atoms with E-state index in [1.165, 1.54) is 0 Å². The van der Waals surface area contributed by atoms with E-state index in [1.807, 2.05) is 0 Å². The number of hydrogen-bond donors (Lipinski definition) is 8. The molecular weight excluding hydrogens is 418 g/mol. The zero-order valence-corrected chi connectivity index (χ0v) is 17.9. The Morgan fingerprint density at radius 3 is 1.87 bits per heavy atom. The van der Waals surface area contributed by atoms with Gasteiger partial charge in [0.2, 0.25) is 23.6 Å². The normalized spacial score (nSPS) is 14.9. The number of carboxylic acid groups (broad SMARTS) is 1. The molecule has 4 unspecified atom stereocenters. The minimum Gasteiger partial charge on any atom is -0.480 e. The fourth-order valence-electron chi connectivity index (χ4n) is 2.33. The first kappa shape index (κ1) is 27.6. The maximum Gasteiger partial charge on any atom is 0.326 e. The number of nitrogens with one attached hydrogen (secondary N) is 3. The van der Waals surface area contributed by atoms with Crippen molar-refractivity contribution < 1.29 is 34.2 Å². The van der Waals surface area contributed by atoms with Crippen LogP contribution in [0, 0.1) is 5.92 Å². The summed E-state index contributed by atoms with van der Waals surface area (Å²) in [5, 5.41) is 25.5. The summed E-state index contributed by atoms with van der Waals surface area (Å²) in [6, 6.07) is -4.90. The summed E-state index contributed by atoms with van der Waals surface area (Å²) >= 11 is 3.98. The molecule has 4 amide bonds. The van der Waals surface area contributed by atoms with Crippen LogP contribution in [-0.2, 0) is 24.0 Å². The Bertz CT molecular complexity index is 632. The van der Waals surface area contributed by atoms with Crippen molar-refractivity contribution in [3.8, 4) is 0 Å². The Morgan fingerprint density at radius 1 is 0.933 bits per heavy atom. The largest absolute Gasteiger partial charge is 0.480 e. The first-order valence-electron chi connectivity index (χ1n) is 9.32. The zero-order valence-electron chi connectivity index (χ0n) is 17.0. The highest BCUT2D eigenvalue weighted by atomic mass is 32.1. The Morgan fingerprint density at radius 2 is 1.43 bits per heavy atom. The van der Waals surface area contributed by atoms with Crippen molar-refractivity contribution in [2.45, 2.75) is 57.3 Å². The number of carboxylic acids is 1. The van der Waals surface area contributed by atoms with Crippen LogP contribution in [-0.4, -0.2) is 76.3 Å². The van der Waals surface area contributed by atoms with E-state index < -0.39 is 60.4 Å². The molecule has 12 nitrogen and oxygen atoms in total. The molecule has 0 radical (unpaired) electrons. The molecule has 0 aromatic heterocycles. The van der Waals surface area contributed by atoms with Crippen molar-refractivity contribution in [3.63, 3.8) is 0 Å². The SMILES string of the molecule is CC(C)CC(NC(=O)C(CO)NC(=O)C(CS)NC(=O)C(N)CCC(N)=O)C(=O)O. The van der Waals surface area contributed by atoms with Crippen LogP contribution in [0.4, 0.5) is 0 Å². The monoisotopic (exact) mass is 449 g/mol. The molecule has 0 aliphatic heterocycles. The number of aliphatic hydroxyl groups excluding tert-OH is 1. The van der Waals surface area contributed by atoms with Crippen molar-refractivity contribution in [3.05, 3.63) is 0 Å². The van der Waals surface area contributed by atoms with E-state index in [0.717, 1.165) is 0 Å². The lowest BCUT2D eigenvalue weighted by Gasteiger charge is -2.24. The molecule has 172 valence electrons. The van der Waals surface area contributed by atoms with Crippen LogP contribution < -0.4 is 27.4 Å². The molecular formula is C17H31N5O7S. The number of carbonyl (C=O) groups excluding carboxylic acids is 4. The second-order valence-electron chi connectivity index (χ2n) is 7.13. The Labute approximate surface area is 179 Å². The molecule has 30 heavy (non-hydrogen) atoms. The molecule has 0 fully saturated rings. The molecule has 9 N–H and O–H groups in total. The van der Waals surface area contributed by atoms with Crippen LogP contribution in [0.15, 0.2) is 0 Å². The lowest BCUT2D eigenvalue weighted by molar-refractivity contribution is -0.143. The molecule has 0 aromatic rings. The second-order valence-corrected chi connectivity index (χ2v) is 7.49. The van der Waals surface area contributed by atoms with Gasteiger partial charge < -0.3 is 37.6 Å². The third-order valence-electron chi connectivity index (χ3n) is 3.99. The fraction of sp³-hybridized carbons (Fsp3) is 0.706. The van der Waals surface area contributed by atoms with Gasteiger partial charge in [-0.2, -0.15) is 12.6 Å². The minimum absolute atomic E-state index is 0.0175. The number of rotatable bonds is 14. The van der Waals surface area contributed by atoms with Crippen LogP contribution in [0.1, 0.15) is 33.1 Å². The summed E-state index contributed by atoms with van der Waals surface area (Å²) in [7, 11) is 0. The van der Waals surface area contributed by atoms with E-state index in [4.69, 9.17) is 11.5 Å². The molecule has 0 aliphatic carbocycles. The predicted molar refractivity (Wildman–Crippen MR) is 110 cm³/mol. The summed E-state index contributed by atoms with van der Waals surface area (Å²) in [4.78, 5) is 58.7. The predicted octanol–water partition coefficient (Wildman–Crippen LogP) is -2.91. The van der Waals surface area contributed by atoms with Gasteiger partial charge in [-0.1, -0.05) is 13.8 Å². The van der Waals surface area contributed by atoms with Crippen LogP contribution in [0.3, 0.4) is 0 Å². The summed E-state index contributed by atoms with van der Waals surface area (Å²) in [5.41, 5.74) is 10.6. The molecule has 13 heteroatoms. The number of primary amides is 1. The quantitative estimate of drug-likeness (QED) is 0.128. The Hall–Kier alpha value is -2.38. The van der Waals surface area contributed by atoms with Crippen molar-refractivity contribution >= 4 is 42.2 Å². The molecule has 0 bridgehead atoms. The smallest absolute Gasteiger partial charge is 0.326 e. The second kappa shape index (κ2) is 13.8. The van der Waals surface area contributed by atoms with E-state index in [9.17, 15) is 34.2 Å². The molecule has 4 atom stereocenters. The highest BCUT2D eigenvalue weighted by molar-refractivity contribution is 7.80. The van der Waals surface area contributed by atoms with Crippen molar-refractivity contribution in [1.29, 1.82) is 0 Å². The topological polar surface area (TPSA) is 214 Å². The third-order valence-corrected chi connectivity index (χ3v) is 4.36. The number of aliphatic carboxylic acids is 1. The van der Waals surface area contributed by atoms with E-state index in [-0.39, 0.29) is 30.9 Å². The maximum absolute atomic E-state index is 12.4. The summed E-state index contributed by atoms with van der Waals surface area (Å²) in [6.07, 6.45) is 0.0298. The van der Waals surface area contributed by atoms with Gasteiger partial charge in [0.25, 0.3) is 0 Å². The number of aliphatic hydroxyl groups is 1. The van der Waals surface area contributed by atoms with Gasteiger partial charge in [-0.15, -0.1) is 0 Å². The van der Waals surface area contributed by atoms with Crippen LogP contribution in [0.2, 0.25) is 0 Å². The number of carbonyl (C=O) groups is 5. The van der Waals surface area contributed by atoms with Crippen LogP contribution in [0.5, 0.6) is 0 Å². The summed E-state index contributed by atoms with van der Waals surface area (Å²) in [6.45, 7) is 2.76. The van der Waals surface area contributed by atoms with E-state index >= 15 is 0 Å². The molecule has 0 aromatic carbocycles. The van der Waals surface area contributed by atoms with Gasteiger partial charge in [-0.3, -0.25) is 19.2 Å². The molecule has 0 aliphatic rings. The first-order chi connectivity index (χ1) is 13.9. The number of thiol groups is 1. The average molecular weight is 450 g/mol. The van der Waals surface area contributed by atoms with Crippen LogP contribution >= 0.6 is 12.6 Å². The highest BCUT2D eigenvalue weighted by Crippen LogP contribution is 2.05. The number of amides is 4. The zero-order chi connectivity index (χ0) is 23.4. The van der Waals surface area contributed by atoms with Gasteiger partial charge in [0.05, 0.1) is 12.6 Å². The molecule has 0 heterocycles. The van der Waals surface area contributed by atoms with Gasteiger partial charge in [0.1, 0.15) is 18.1 Å². The van der Waals surface area contributed by atoms with Gasteiger partial charge in [0, 0.05) is 12.2 Å². The number of hydrogen-bond acceptors (Lipinski definition) is 8. The summed E-state index contributed by atoms with van der Waals surface area (Å²) < 4.78 is 0.